The number of hydrogen-bond acceptors (Lipinski definition) is 2. The minimum Gasteiger partial charge on any atom is -0.302 e. The van der Waals surface area contributed by atoms with Crippen molar-refractivity contribution in [2.75, 3.05) is 6.54 Å². The van der Waals surface area contributed by atoms with Gasteiger partial charge in [-0.25, -0.2) is 0 Å². The Morgan fingerprint density at radius 3 is 2.87 bits per heavy atom. The molecule has 0 aromatic carbocycles. The van der Waals surface area contributed by atoms with Crippen LogP contribution in [0, 0.1) is 11.8 Å². The van der Waals surface area contributed by atoms with E-state index in [1.807, 2.05) is 14.0 Å². The first-order chi connectivity index (χ1) is 7.20. The van der Waals surface area contributed by atoms with Gasteiger partial charge in [0.2, 0.25) is 0 Å². The van der Waals surface area contributed by atoms with E-state index in [1.54, 1.807) is 4.68 Å². The molecule has 4 heteroatoms. The van der Waals surface area contributed by atoms with Crippen molar-refractivity contribution in [3.8, 4) is 11.8 Å². The summed E-state index contributed by atoms with van der Waals surface area (Å²) in [7, 11) is 1.86. The number of aromatic nitrogens is 2. The number of nitrogens with one attached hydrogen (secondary N) is 1. The summed E-state index contributed by atoms with van der Waals surface area (Å²) in [5.41, 5.74) is 2.14. The van der Waals surface area contributed by atoms with Crippen LogP contribution in [-0.4, -0.2) is 16.3 Å². The van der Waals surface area contributed by atoms with Gasteiger partial charge in [-0.1, -0.05) is 24.4 Å². The highest BCUT2D eigenvalue weighted by molar-refractivity contribution is 6.30. The van der Waals surface area contributed by atoms with Gasteiger partial charge in [0, 0.05) is 19.2 Å². The third kappa shape index (κ3) is 2.98. The standard InChI is InChI=1S/C11H16ClN3/c1-4-6-7-13-8-9-10(5-2)14-15(3)11(9)12/h13H,5,7-8H2,1-3H3. The van der Waals surface area contributed by atoms with E-state index in [-0.39, 0.29) is 0 Å². The Morgan fingerprint density at radius 1 is 1.53 bits per heavy atom. The normalized spacial score (nSPS) is 9.87. The number of hydrogen-bond donors (Lipinski definition) is 1. The molecule has 0 bridgehead atoms. The third-order valence-electron chi connectivity index (χ3n) is 2.18. The van der Waals surface area contributed by atoms with Gasteiger partial charge in [0.05, 0.1) is 12.2 Å². The van der Waals surface area contributed by atoms with E-state index in [0.29, 0.717) is 11.7 Å². The van der Waals surface area contributed by atoms with Crippen molar-refractivity contribution in [2.45, 2.75) is 26.8 Å². The summed E-state index contributed by atoms with van der Waals surface area (Å²) in [6, 6.07) is 0. The van der Waals surface area contributed by atoms with E-state index in [2.05, 4.69) is 29.2 Å². The SMILES string of the molecule is CC#CCNCc1c(CC)nn(C)c1Cl. The van der Waals surface area contributed by atoms with Crippen LogP contribution in [0.15, 0.2) is 0 Å². The average molecular weight is 226 g/mol. The van der Waals surface area contributed by atoms with Crippen LogP contribution >= 0.6 is 11.6 Å². The molecule has 1 aromatic heterocycles. The number of halogens is 1. The summed E-state index contributed by atoms with van der Waals surface area (Å²) >= 11 is 6.13. The van der Waals surface area contributed by atoms with Crippen molar-refractivity contribution >= 4 is 11.6 Å². The summed E-state index contributed by atoms with van der Waals surface area (Å²) in [6.07, 6.45) is 0.900. The van der Waals surface area contributed by atoms with E-state index < -0.39 is 0 Å². The number of nitrogens with zero attached hydrogens (tertiary/aromatic N) is 2. The van der Waals surface area contributed by atoms with Crippen molar-refractivity contribution in [2.24, 2.45) is 7.05 Å². The molecular formula is C11H16ClN3. The summed E-state index contributed by atoms with van der Waals surface area (Å²) < 4.78 is 1.71. The Bertz CT molecular complexity index is 385. The molecule has 0 aliphatic heterocycles. The van der Waals surface area contributed by atoms with Crippen LogP contribution in [0.25, 0.3) is 0 Å². The largest absolute Gasteiger partial charge is 0.302 e. The van der Waals surface area contributed by atoms with Crippen molar-refractivity contribution in [1.82, 2.24) is 15.1 Å². The molecule has 0 saturated heterocycles. The Labute approximate surface area is 95.8 Å². The van der Waals surface area contributed by atoms with Crippen LogP contribution in [-0.2, 0) is 20.0 Å². The van der Waals surface area contributed by atoms with Gasteiger partial charge in [0.15, 0.2) is 0 Å². The lowest BCUT2D eigenvalue weighted by Crippen LogP contribution is -2.14. The van der Waals surface area contributed by atoms with Crippen molar-refractivity contribution in [3.05, 3.63) is 16.4 Å². The van der Waals surface area contributed by atoms with E-state index in [1.165, 1.54) is 0 Å². The maximum atomic E-state index is 6.13. The lowest BCUT2D eigenvalue weighted by atomic mass is 10.2. The maximum Gasteiger partial charge on any atom is 0.131 e. The highest BCUT2D eigenvalue weighted by atomic mass is 35.5. The van der Waals surface area contributed by atoms with Gasteiger partial charge in [-0.3, -0.25) is 4.68 Å². The molecule has 0 spiro atoms. The van der Waals surface area contributed by atoms with Gasteiger partial charge in [0.25, 0.3) is 0 Å². The van der Waals surface area contributed by atoms with E-state index in [0.717, 1.165) is 24.2 Å². The molecule has 0 atom stereocenters. The third-order valence-corrected chi connectivity index (χ3v) is 2.65. The zero-order valence-electron chi connectivity index (χ0n) is 9.39. The molecule has 0 unspecified atom stereocenters. The highest BCUT2D eigenvalue weighted by Crippen LogP contribution is 2.19. The van der Waals surface area contributed by atoms with Gasteiger partial charge in [-0.05, 0) is 13.3 Å². The quantitative estimate of drug-likeness (QED) is 0.625. The Hall–Kier alpha value is -0.980. The maximum absolute atomic E-state index is 6.13. The fourth-order valence-electron chi connectivity index (χ4n) is 1.40. The smallest absolute Gasteiger partial charge is 0.131 e. The second-order valence-corrected chi connectivity index (χ2v) is 3.58. The molecule has 1 heterocycles. The van der Waals surface area contributed by atoms with Crippen molar-refractivity contribution in [3.63, 3.8) is 0 Å². The Kier molecular flexibility index (Phi) is 4.67. The monoisotopic (exact) mass is 225 g/mol. The van der Waals surface area contributed by atoms with Crippen LogP contribution in [0.5, 0.6) is 0 Å². The molecule has 15 heavy (non-hydrogen) atoms. The Morgan fingerprint density at radius 2 is 2.27 bits per heavy atom. The van der Waals surface area contributed by atoms with Crippen LogP contribution < -0.4 is 5.32 Å². The molecule has 1 rings (SSSR count). The predicted octanol–water partition coefficient (Wildman–Crippen LogP) is 1.75. The molecule has 0 amide bonds. The molecule has 0 aliphatic carbocycles. The lowest BCUT2D eigenvalue weighted by Gasteiger charge is -2.01. The molecule has 0 radical (unpaired) electrons. The molecule has 0 fully saturated rings. The zero-order valence-corrected chi connectivity index (χ0v) is 10.1. The second-order valence-electron chi connectivity index (χ2n) is 3.22. The molecule has 0 aliphatic rings. The zero-order chi connectivity index (χ0) is 11.3. The molecule has 82 valence electrons. The highest BCUT2D eigenvalue weighted by Gasteiger charge is 2.11. The van der Waals surface area contributed by atoms with Crippen LogP contribution in [0.4, 0.5) is 0 Å². The topological polar surface area (TPSA) is 29.9 Å². The first-order valence-corrected chi connectivity index (χ1v) is 5.39. The molecule has 3 nitrogen and oxygen atoms in total. The van der Waals surface area contributed by atoms with Crippen LogP contribution in [0.3, 0.4) is 0 Å². The first kappa shape index (κ1) is 12.1. The predicted molar refractivity (Wildman–Crippen MR) is 62.8 cm³/mol. The van der Waals surface area contributed by atoms with Gasteiger partial charge in [0.1, 0.15) is 5.15 Å². The minimum atomic E-state index is 0.685. The lowest BCUT2D eigenvalue weighted by molar-refractivity contribution is 0.747. The van der Waals surface area contributed by atoms with Gasteiger partial charge in [-0.2, -0.15) is 5.10 Å². The van der Waals surface area contributed by atoms with E-state index in [4.69, 9.17) is 11.6 Å². The van der Waals surface area contributed by atoms with E-state index in [9.17, 15) is 0 Å². The van der Waals surface area contributed by atoms with Crippen LogP contribution in [0.1, 0.15) is 25.1 Å². The minimum absolute atomic E-state index is 0.685. The van der Waals surface area contributed by atoms with Gasteiger partial charge in [-0.15, -0.1) is 5.92 Å². The van der Waals surface area contributed by atoms with Gasteiger partial charge >= 0.3 is 0 Å². The van der Waals surface area contributed by atoms with Gasteiger partial charge < -0.3 is 5.32 Å². The summed E-state index contributed by atoms with van der Waals surface area (Å²) in [6.45, 7) is 5.32. The Balaban J connectivity index is 2.69. The van der Waals surface area contributed by atoms with Crippen molar-refractivity contribution < 1.29 is 0 Å². The number of rotatable bonds is 4. The summed E-state index contributed by atoms with van der Waals surface area (Å²) in [5, 5.41) is 8.27. The van der Waals surface area contributed by atoms with Crippen LogP contribution in [0.2, 0.25) is 5.15 Å². The fraction of sp³-hybridized carbons (Fsp3) is 0.545. The molecule has 0 saturated carbocycles. The fourth-order valence-corrected chi connectivity index (χ4v) is 1.61. The molecule has 1 N–H and O–H groups in total. The summed E-state index contributed by atoms with van der Waals surface area (Å²) in [5.74, 6) is 5.79. The van der Waals surface area contributed by atoms with Crippen molar-refractivity contribution in [1.29, 1.82) is 0 Å². The number of aryl methyl sites for hydroxylation is 2. The first-order valence-electron chi connectivity index (χ1n) is 5.01. The molecular weight excluding hydrogens is 210 g/mol. The summed E-state index contributed by atoms with van der Waals surface area (Å²) in [4.78, 5) is 0. The molecule has 1 aromatic rings. The second kappa shape index (κ2) is 5.79. The average Bonchev–Trinajstić information content (AvgIpc) is 2.51. The van der Waals surface area contributed by atoms with E-state index >= 15 is 0 Å².